The van der Waals surface area contributed by atoms with E-state index in [4.69, 9.17) is 0 Å². The molecule has 0 saturated carbocycles. The highest BCUT2D eigenvalue weighted by molar-refractivity contribution is 5.92. The number of nitrogens with one attached hydrogen (secondary N) is 1. The molecule has 1 amide bonds. The van der Waals surface area contributed by atoms with E-state index in [1.54, 1.807) is 17.1 Å². The summed E-state index contributed by atoms with van der Waals surface area (Å²) in [4.78, 5) is 25.9. The van der Waals surface area contributed by atoms with Crippen LogP contribution in [0.2, 0.25) is 0 Å². The molecule has 2 heterocycles. The molecule has 1 aromatic carbocycles. The lowest BCUT2D eigenvalue weighted by atomic mass is 9.69. The summed E-state index contributed by atoms with van der Waals surface area (Å²) in [5.41, 5.74) is 0.270. The van der Waals surface area contributed by atoms with Crippen LogP contribution in [0.5, 0.6) is 0 Å². The van der Waals surface area contributed by atoms with Crippen LogP contribution in [0.15, 0.2) is 36.4 Å². The summed E-state index contributed by atoms with van der Waals surface area (Å²) in [5.74, 6) is -0.790. The zero-order valence-corrected chi connectivity index (χ0v) is 14.3. The molecule has 24 heavy (non-hydrogen) atoms. The van der Waals surface area contributed by atoms with Crippen molar-refractivity contribution >= 4 is 30.4 Å². The van der Waals surface area contributed by atoms with Gasteiger partial charge in [0.1, 0.15) is 0 Å². The van der Waals surface area contributed by atoms with Crippen LogP contribution in [0, 0.1) is 5.41 Å². The molecule has 2 fully saturated rings. The Morgan fingerprint density at radius 2 is 2.00 bits per heavy atom. The van der Waals surface area contributed by atoms with Gasteiger partial charge in [-0.05, 0) is 37.4 Å². The molecule has 0 spiro atoms. The van der Waals surface area contributed by atoms with Gasteiger partial charge in [-0.3, -0.25) is 9.59 Å². The molecule has 0 unspecified atom stereocenters. The van der Waals surface area contributed by atoms with Crippen LogP contribution in [0.4, 0.5) is 0 Å². The first-order valence-electron chi connectivity index (χ1n) is 8.11. The fraction of sp³-hybridized carbons (Fsp3) is 0.444. The molecule has 2 saturated heterocycles. The summed E-state index contributed by atoms with van der Waals surface area (Å²) in [7, 11) is 0. The molecule has 0 aromatic heterocycles. The number of benzene rings is 1. The molecule has 6 heteroatoms. The lowest BCUT2D eigenvalue weighted by Crippen LogP contribution is -2.63. The zero-order chi connectivity index (χ0) is 16.3. The lowest BCUT2D eigenvalue weighted by Gasteiger charge is -2.48. The van der Waals surface area contributed by atoms with Crippen LogP contribution in [0.3, 0.4) is 0 Å². The molecule has 130 valence electrons. The number of amides is 1. The molecule has 1 aromatic rings. The Morgan fingerprint density at radius 3 is 2.71 bits per heavy atom. The van der Waals surface area contributed by atoms with Crippen molar-refractivity contribution in [3.63, 3.8) is 0 Å². The van der Waals surface area contributed by atoms with E-state index in [9.17, 15) is 14.7 Å². The predicted molar refractivity (Wildman–Crippen MR) is 95.0 cm³/mol. The zero-order valence-electron chi connectivity index (χ0n) is 13.5. The third-order valence-corrected chi connectivity index (χ3v) is 5.04. The highest BCUT2D eigenvalue weighted by atomic mass is 35.5. The standard InChI is InChI=1S/C18H22N2O3.ClH/c21-16(8-7-14-5-2-1-3-6-14)20-12-10-18(17(22)23)9-4-11-19-15(18)13-20;/h1-3,5-8,15,19H,4,9-13H2,(H,22,23);1H/b8-7+;/t15-,18+;/m1./s1. The number of carboxylic acid groups (broad SMARTS) is 1. The third kappa shape index (κ3) is 3.62. The fourth-order valence-electron chi connectivity index (χ4n) is 3.63. The minimum atomic E-state index is -0.735. The largest absolute Gasteiger partial charge is 0.481 e. The van der Waals surface area contributed by atoms with Gasteiger partial charge in [-0.2, -0.15) is 0 Å². The van der Waals surface area contributed by atoms with Crippen LogP contribution in [-0.4, -0.2) is 47.6 Å². The third-order valence-electron chi connectivity index (χ3n) is 5.04. The van der Waals surface area contributed by atoms with Crippen LogP contribution in [-0.2, 0) is 9.59 Å². The molecule has 0 radical (unpaired) electrons. The maximum Gasteiger partial charge on any atom is 0.311 e. The maximum absolute atomic E-state index is 12.4. The lowest BCUT2D eigenvalue weighted by molar-refractivity contribution is -0.158. The number of hydrogen-bond donors (Lipinski definition) is 2. The highest BCUT2D eigenvalue weighted by Crippen LogP contribution is 2.39. The quantitative estimate of drug-likeness (QED) is 0.820. The number of carbonyl (C=O) groups excluding carboxylic acids is 1. The Labute approximate surface area is 148 Å². The Hall–Kier alpha value is -1.85. The van der Waals surface area contributed by atoms with Crippen LogP contribution in [0.25, 0.3) is 6.08 Å². The fourth-order valence-corrected chi connectivity index (χ4v) is 3.63. The van der Waals surface area contributed by atoms with E-state index in [1.807, 2.05) is 30.3 Å². The van der Waals surface area contributed by atoms with Crippen LogP contribution >= 0.6 is 12.4 Å². The van der Waals surface area contributed by atoms with E-state index in [1.165, 1.54) is 0 Å². The molecule has 2 atom stereocenters. The monoisotopic (exact) mass is 350 g/mol. The topological polar surface area (TPSA) is 69.6 Å². The van der Waals surface area contributed by atoms with Crippen molar-refractivity contribution in [2.24, 2.45) is 5.41 Å². The number of carbonyl (C=O) groups is 2. The van der Waals surface area contributed by atoms with E-state index in [0.717, 1.165) is 18.5 Å². The SMILES string of the molecule is Cl.O=C(/C=C/c1ccccc1)N1CC[C@@]2(C(=O)O)CCCN[C@@H]2C1. The molecule has 5 nitrogen and oxygen atoms in total. The second-order valence-electron chi connectivity index (χ2n) is 6.35. The summed E-state index contributed by atoms with van der Waals surface area (Å²) in [6.07, 6.45) is 5.47. The Kier molecular flexibility index (Phi) is 6.02. The number of aliphatic carboxylic acids is 1. The van der Waals surface area contributed by atoms with Gasteiger partial charge in [-0.1, -0.05) is 30.3 Å². The Morgan fingerprint density at radius 1 is 1.25 bits per heavy atom. The predicted octanol–water partition coefficient (Wildman–Crippen LogP) is 2.18. The summed E-state index contributed by atoms with van der Waals surface area (Å²) >= 11 is 0. The number of halogens is 1. The van der Waals surface area contributed by atoms with Gasteiger partial charge in [-0.25, -0.2) is 0 Å². The van der Waals surface area contributed by atoms with Gasteiger partial charge in [0, 0.05) is 25.2 Å². The van der Waals surface area contributed by atoms with Crippen LogP contribution in [0.1, 0.15) is 24.8 Å². The molecule has 2 aliphatic heterocycles. The van der Waals surface area contributed by atoms with Crippen molar-refractivity contribution in [1.29, 1.82) is 0 Å². The second-order valence-corrected chi connectivity index (χ2v) is 6.35. The van der Waals surface area contributed by atoms with Crippen LogP contribution < -0.4 is 5.32 Å². The summed E-state index contributed by atoms with van der Waals surface area (Å²) in [5, 5.41) is 12.9. The van der Waals surface area contributed by atoms with E-state index in [0.29, 0.717) is 25.9 Å². The van der Waals surface area contributed by atoms with Gasteiger partial charge >= 0.3 is 5.97 Å². The number of likely N-dealkylation sites (tertiary alicyclic amines) is 1. The van der Waals surface area contributed by atoms with Crippen molar-refractivity contribution in [1.82, 2.24) is 10.2 Å². The van der Waals surface area contributed by atoms with Crippen molar-refractivity contribution in [2.45, 2.75) is 25.3 Å². The molecule has 2 aliphatic rings. The number of piperidine rings is 2. The average molecular weight is 351 g/mol. The first-order chi connectivity index (χ1) is 11.1. The molecule has 3 rings (SSSR count). The number of rotatable bonds is 3. The van der Waals surface area contributed by atoms with Gasteiger partial charge in [0.15, 0.2) is 0 Å². The molecular weight excluding hydrogens is 328 g/mol. The first-order valence-corrected chi connectivity index (χ1v) is 8.11. The van der Waals surface area contributed by atoms with Gasteiger partial charge in [0.25, 0.3) is 0 Å². The first kappa shape index (κ1) is 18.5. The Balaban J connectivity index is 0.00000208. The normalized spacial score (nSPS) is 26.5. The summed E-state index contributed by atoms with van der Waals surface area (Å²) < 4.78 is 0. The van der Waals surface area contributed by atoms with E-state index < -0.39 is 11.4 Å². The van der Waals surface area contributed by atoms with Crippen molar-refractivity contribution in [2.75, 3.05) is 19.6 Å². The Bertz CT molecular complexity index is 620. The summed E-state index contributed by atoms with van der Waals surface area (Å²) in [6.45, 7) is 1.79. The van der Waals surface area contributed by atoms with Crippen molar-refractivity contribution in [3.8, 4) is 0 Å². The highest BCUT2D eigenvalue weighted by Gasteiger charge is 2.50. The van der Waals surface area contributed by atoms with Gasteiger partial charge in [0.05, 0.1) is 5.41 Å². The molecular formula is C18H23ClN2O3. The molecule has 0 bridgehead atoms. The number of fused-ring (bicyclic) bond motifs is 1. The van der Waals surface area contributed by atoms with E-state index in [-0.39, 0.29) is 24.4 Å². The minimum Gasteiger partial charge on any atom is -0.481 e. The number of carboxylic acids is 1. The van der Waals surface area contributed by atoms with Gasteiger partial charge in [-0.15, -0.1) is 12.4 Å². The number of nitrogens with zero attached hydrogens (tertiary/aromatic N) is 1. The van der Waals surface area contributed by atoms with E-state index >= 15 is 0 Å². The van der Waals surface area contributed by atoms with Crippen molar-refractivity contribution in [3.05, 3.63) is 42.0 Å². The minimum absolute atomic E-state index is 0. The second kappa shape index (κ2) is 7.81. The van der Waals surface area contributed by atoms with E-state index in [2.05, 4.69) is 5.32 Å². The van der Waals surface area contributed by atoms with Gasteiger partial charge < -0.3 is 15.3 Å². The van der Waals surface area contributed by atoms with Gasteiger partial charge in [0.2, 0.25) is 5.91 Å². The maximum atomic E-state index is 12.4. The number of hydrogen-bond acceptors (Lipinski definition) is 3. The molecule has 0 aliphatic carbocycles. The smallest absolute Gasteiger partial charge is 0.311 e. The average Bonchev–Trinajstić information content (AvgIpc) is 2.60. The van der Waals surface area contributed by atoms with Crippen molar-refractivity contribution < 1.29 is 14.7 Å². The summed E-state index contributed by atoms with van der Waals surface area (Å²) in [6, 6.07) is 9.52. The molecule has 2 N–H and O–H groups in total.